The number of thiazole rings is 1. The molecule has 1 unspecified atom stereocenters. The lowest BCUT2D eigenvalue weighted by Gasteiger charge is -2.36. The number of aliphatic hydroxyl groups is 2. The predicted molar refractivity (Wildman–Crippen MR) is 138 cm³/mol. The zero-order chi connectivity index (χ0) is 25.6. The van der Waals surface area contributed by atoms with Gasteiger partial charge in [0.2, 0.25) is 5.91 Å². The molecule has 34 heavy (non-hydrogen) atoms. The highest BCUT2D eigenvalue weighted by Crippen LogP contribution is 2.32. The molecule has 1 aliphatic heterocycles. The number of hydrogen-bond acceptors (Lipinski definition) is 6. The lowest BCUT2D eigenvalue weighted by atomic mass is 9.73. The summed E-state index contributed by atoms with van der Waals surface area (Å²) in [4.78, 5) is 32.6. The van der Waals surface area contributed by atoms with E-state index >= 15 is 0 Å². The minimum Gasteiger partial charge on any atom is -0.392 e. The first kappa shape index (κ1) is 28.4. The summed E-state index contributed by atoms with van der Waals surface area (Å²) in [6.07, 6.45) is 7.43. The third-order valence-corrected chi connectivity index (χ3v) is 8.09. The Morgan fingerprint density at radius 1 is 1.24 bits per heavy atom. The van der Waals surface area contributed by atoms with Crippen molar-refractivity contribution in [1.29, 1.82) is 0 Å². The molecule has 2 heterocycles. The molecule has 0 fully saturated rings. The summed E-state index contributed by atoms with van der Waals surface area (Å²) in [7, 11) is 1.75. The fourth-order valence-electron chi connectivity index (χ4n) is 4.63. The van der Waals surface area contributed by atoms with Gasteiger partial charge in [-0.1, -0.05) is 39.8 Å². The van der Waals surface area contributed by atoms with Gasteiger partial charge in [-0.15, -0.1) is 11.3 Å². The largest absolute Gasteiger partial charge is 0.392 e. The van der Waals surface area contributed by atoms with E-state index in [0.29, 0.717) is 6.42 Å². The summed E-state index contributed by atoms with van der Waals surface area (Å²) in [5.41, 5.74) is 0.749. The van der Waals surface area contributed by atoms with Gasteiger partial charge in [0.05, 0.1) is 40.8 Å². The number of carbonyl (C=O) groups excluding carboxylic acids is 2. The summed E-state index contributed by atoms with van der Waals surface area (Å²) >= 11 is 1.59. The Morgan fingerprint density at radius 2 is 1.91 bits per heavy atom. The zero-order valence-electron chi connectivity index (χ0n) is 21.7. The van der Waals surface area contributed by atoms with Gasteiger partial charge in [0.25, 0.3) is 0 Å². The summed E-state index contributed by atoms with van der Waals surface area (Å²) in [6.45, 7) is 11.0. The van der Waals surface area contributed by atoms with Crippen molar-refractivity contribution in [2.45, 2.75) is 91.9 Å². The van der Waals surface area contributed by atoms with Crippen LogP contribution >= 0.6 is 11.3 Å². The molecule has 0 radical (unpaired) electrons. The van der Waals surface area contributed by atoms with Crippen molar-refractivity contribution in [1.82, 2.24) is 9.88 Å². The number of hydrogen-bond donors (Lipinski definition) is 2. The van der Waals surface area contributed by atoms with Gasteiger partial charge in [-0.3, -0.25) is 9.59 Å². The molecule has 190 valence electrons. The molecule has 2 rings (SSSR count). The van der Waals surface area contributed by atoms with Gasteiger partial charge in [0, 0.05) is 18.3 Å². The topological polar surface area (TPSA) is 90.7 Å². The number of likely N-dealkylation sites (N-methyl/N-ethyl adjacent to an activating group) is 1. The van der Waals surface area contributed by atoms with E-state index < -0.39 is 23.5 Å². The van der Waals surface area contributed by atoms with E-state index in [4.69, 9.17) is 0 Å². The van der Waals surface area contributed by atoms with Crippen LogP contribution in [0, 0.1) is 24.2 Å². The van der Waals surface area contributed by atoms with E-state index in [0.717, 1.165) is 35.5 Å². The van der Waals surface area contributed by atoms with Crippen LogP contribution in [0.4, 0.5) is 0 Å². The maximum absolute atomic E-state index is 13.2. The summed E-state index contributed by atoms with van der Waals surface area (Å²) in [6, 6.07) is -0.177. The van der Waals surface area contributed by atoms with Gasteiger partial charge in [-0.2, -0.15) is 0 Å². The molecule has 0 aliphatic carbocycles. The van der Waals surface area contributed by atoms with E-state index in [1.54, 1.807) is 44.1 Å². The Kier molecular flexibility index (Phi) is 10.2. The first-order valence-electron chi connectivity index (χ1n) is 12.3. The Morgan fingerprint density at radius 3 is 2.53 bits per heavy atom. The molecule has 0 aromatic carbocycles. The normalized spacial score (nSPS) is 31.5. The van der Waals surface area contributed by atoms with Crippen LogP contribution in [-0.4, -0.2) is 57.1 Å². The van der Waals surface area contributed by atoms with E-state index in [-0.39, 0.29) is 30.1 Å². The number of aliphatic hydroxyl groups excluding tert-OH is 2. The van der Waals surface area contributed by atoms with E-state index in [1.165, 1.54) is 0 Å². The number of allylic oxidation sites excluding steroid dienone is 1. The number of aromatic nitrogens is 1. The molecule has 1 aromatic rings. The molecule has 6 nitrogen and oxygen atoms in total. The number of rotatable bonds is 2. The molecule has 0 spiro atoms. The second-order valence-electron chi connectivity index (χ2n) is 10.4. The van der Waals surface area contributed by atoms with Crippen molar-refractivity contribution in [2.24, 2.45) is 17.3 Å². The molecule has 1 aliphatic rings. The fraction of sp³-hybridized carbons (Fsp3) is 0.667. The Balaban J connectivity index is 2.35. The van der Waals surface area contributed by atoms with E-state index in [2.05, 4.69) is 17.1 Å². The van der Waals surface area contributed by atoms with Crippen LogP contribution in [-0.2, 0) is 9.59 Å². The predicted octanol–water partition coefficient (Wildman–Crippen LogP) is 4.79. The number of Topliss-reactive ketones (excluding diaryl/α,β-unsaturated/α-hetero) is 1. The third kappa shape index (κ3) is 7.09. The Labute approximate surface area is 208 Å². The summed E-state index contributed by atoms with van der Waals surface area (Å²) in [5.74, 6) is -1.08. The standard InChI is InChI=1S/C27H42N2O4S/c1-17-12-10-8-9-11-13-22(18(2)14-21-16-34-20(4)28-21)29(7)24(31)15-23(30)27(5,6)26(33)19(3)25(17)32/h9,11,14,16-17,19,22-23,25,30,32H,8,10,12-13,15H2,1-7H3/b11-9+,18-14+/t17-,19+,22?,23-,25-/m0/s1. The highest BCUT2D eigenvalue weighted by molar-refractivity contribution is 7.09. The van der Waals surface area contributed by atoms with E-state index in [9.17, 15) is 19.8 Å². The molecule has 0 saturated heterocycles. The highest BCUT2D eigenvalue weighted by atomic mass is 32.1. The highest BCUT2D eigenvalue weighted by Gasteiger charge is 2.42. The lowest BCUT2D eigenvalue weighted by Crippen LogP contribution is -2.47. The smallest absolute Gasteiger partial charge is 0.225 e. The average Bonchev–Trinajstić information content (AvgIpc) is 3.19. The molecule has 0 bridgehead atoms. The number of ketones is 1. The van der Waals surface area contributed by atoms with Crippen molar-refractivity contribution in [3.8, 4) is 0 Å². The second kappa shape index (κ2) is 12.2. The number of amides is 1. The first-order chi connectivity index (χ1) is 15.9. The van der Waals surface area contributed by atoms with Crippen molar-refractivity contribution in [3.63, 3.8) is 0 Å². The summed E-state index contributed by atoms with van der Waals surface area (Å²) < 4.78 is 0. The lowest BCUT2D eigenvalue weighted by molar-refractivity contribution is -0.145. The Bertz CT molecular complexity index is 904. The SMILES string of the molecule is C/C(=C\c1csc(C)n1)C1C/C=C/CCC[C@H](C)[C@H](O)[C@@H](C)C(=O)C(C)(C)[C@@H](O)CC(=O)N1C. The molecule has 5 atom stereocenters. The van der Waals surface area contributed by atoms with E-state index in [1.807, 2.05) is 32.2 Å². The Hall–Kier alpha value is -1.83. The van der Waals surface area contributed by atoms with Gasteiger partial charge >= 0.3 is 0 Å². The quantitative estimate of drug-likeness (QED) is 0.582. The van der Waals surface area contributed by atoms with Crippen LogP contribution in [0.3, 0.4) is 0 Å². The molecular weight excluding hydrogens is 448 g/mol. The third-order valence-electron chi connectivity index (χ3n) is 7.30. The minimum atomic E-state index is -1.15. The molecule has 1 amide bonds. The maximum atomic E-state index is 13.2. The van der Waals surface area contributed by atoms with Crippen LogP contribution in [0.5, 0.6) is 0 Å². The average molecular weight is 491 g/mol. The fourth-order valence-corrected chi connectivity index (χ4v) is 5.20. The second-order valence-corrected chi connectivity index (χ2v) is 11.5. The zero-order valence-corrected chi connectivity index (χ0v) is 22.6. The van der Waals surface area contributed by atoms with Crippen molar-refractivity contribution in [2.75, 3.05) is 7.05 Å². The van der Waals surface area contributed by atoms with Crippen molar-refractivity contribution in [3.05, 3.63) is 33.8 Å². The number of carbonyl (C=O) groups is 2. The van der Waals surface area contributed by atoms with Gasteiger partial charge in [-0.05, 0) is 57.1 Å². The van der Waals surface area contributed by atoms with Crippen molar-refractivity contribution >= 4 is 29.1 Å². The van der Waals surface area contributed by atoms with Gasteiger partial charge < -0.3 is 15.1 Å². The van der Waals surface area contributed by atoms with Crippen LogP contribution < -0.4 is 0 Å². The van der Waals surface area contributed by atoms with Crippen LogP contribution in [0.15, 0.2) is 23.1 Å². The van der Waals surface area contributed by atoms with Gasteiger partial charge in [-0.25, -0.2) is 4.98 Å². The van der Waals surface area contributed by atoms with Crippen LogP contribution in [0.25, 0.3) is 6.08 Å². The number of aryl methyl sites for hydroxylation is 1. The molecular formula is C27H42N2O4S. The molecule has 0 saturated carbocycles. The van der Waals surface area contributed by atoms with Crippen molar-refractivity contribution < 1.29 is 19.8 Å². The first-order valence-corrected chi connectivity index (χ1v) is 13.2. The van der Waals surface area contributed by atoms with Crippen LogP contribution in [0.1, 0.15) is 77.4 Å². The van der Waals surface area contributed by atoms with Gasteiger partial charge in [0.1, 0.15) is 5.78 Å². The number of nitrogens with zero attached hydrogens (tertiary/aromatic N) is 2. The molecule has 1 aromatic heterocycles. The molecule has 2 N–H and O–H groups in total. The van der Waals surface area contributed by atoms with Gasteiger partial charge in [0.15, 0.2) is 0 Å². The summed E-state index contributed by atoms with van der Waals surface area (Å²) in [5, 5.41) is 24.7. The maximum Gasteiger partial charge on any atom is 0.225 e. The molecule has 7 heteroatoms. The monoisotopic (exact) mass is 490 g/mol. The van der Waals surface area contributed by atoms with Crippen LogP contribution in [0.2, 0.25) is 0 Å². The minimum absolute atomic E-state index is 0.0274.